The molecular formula is C27H27ClF5N3O4S. The van der Waals surface area contributed by atoms with Crippen LogP contribution in [0.25, 0.3) is 11.1 Å². The summed E-state index contributed by atoms with van der Waals surface area (Å²) in [7, 11) is -4.42. The third-order valence-corrected chi connectivity index (χ3v) is 9.33. The fraction of sp³-hybridized carbons (Fsp3) is 0.407. The van der Waals surface area contributed by atoms with Gasteiger partial charge in [0.05, 0.1) is 23.5 Å². The molecule has 0 spiro atoms. The highest BCUT2D eigenvalue weighted by Gasteiger charge is 2.45. The summed E-state index contributed by atoms with van der Waals surface area (Å²) in [5, 5.41) is 2.48. The molecule has 0 aromatic heterocycles. The molecule has 0 unspecified atom stereocenters. The number of hydrogen-bond donors (Lipinski definition) is 1. The molecule has 2 aliphatic rings. The normalized spacial score (nSPS) is 19.1. The second kappa shape index (κ2) is 11.7. The third kappa shape index (κ3) is 6.73. The molecule has 0 bridgehead atoms. The first-order chi connectivity index (χ1) is 19.1. The number of likely N-dealkylation sites (tertiary alicyclic amines) is 1. The average molecular weight is 620 g/mol. The Morgan fingerprint density at radius 3 is 2.32 bits per heavy atom. The molecule has 0 aliphatic carbocycles. The van der Waals surface area contributed by atoms with E-state index >= 15 is 4.39 Å². The van der Waals surface area contributed by atoms with Gasteiger partial charge in [0.15, 0.2) is 5.67 Å². The van der Waals surface area contributed by atoms with Crippen molar-refractivity contribution in [3.8, 4) is 11.1 Å². The summed E-state index contributed by atoms with van der Waals surface area (Å²) < 4.78 is 97.0. The van der Waals surface area contributed by atoms with E-state index in [1.165, 1.54) is 36.1 Å². The van der Waals surface area contributed by atoms with Gasteiger partial charge in [0.2, 0.25) is 15.9 Å². The van der Waals surface area contributed by atoms with Crippen LogP contribution in [0.3, 0.4) is 0 Å². The zero-order chi connectivity index (χ0) is 30.2. The van der Waals surface area contributed by atoms with Crippen molar-refractivity contribution in [2.45, 2.75) is 48.7 Å². The lowest BCUT2D eigenvalue weighted by Crippen LogP contribution is -2.53. The molecular weight excluding hydrogens is 593 g/mol. The van der Waals surface area contributed by atoms with Crippen molar-refractivity contribution in [2.75, 3.05) is 26.2 Å². The Kier molecular flexibility index (Phi) is 8.81. The van der Waals surface area contributed by atoms with Gasteiger partial charge in [0.1, 0.15) is 6.17 Å². The average Bonchev–Trinajstić information content (AvgIpc) is 2.89. The lowest BCUT2D eigenvalue weighted by atomic mass is 9.93. The van der Waals surface area contributed by atoms with E-state index in [9.17, 15) is 35.6 Å². The fourth-order valence-electron chi connectivity index (χ4n) is 4.59. The fourth-order valence-corrected chi connectivity index (χ4v) is 6.46. The van der Waals surface area contributed by atoms with E-state index in [1.54, 1.807) is 6.07 Å². The maximum atomic E-state index is 15.6. The molecule has 0 radical (unpaired) electrons. The van der Waals surface area contributed by atoms with Gasteiger partial charge in [-0.15, -0.1) is 0 Å². The number of rotatable bonds is 7. The maximum absolute atomic E-state index is 15.6. The Morgan fingerprint density at radius 2 is 1.73 bits per heavy atom. The SMILES string of the molecule is C[C@H](/C=C/C(=O)N1CC(F)C1)NC(=O)C1(F)CCN(S(=O)(=O)c2ccc(C(F)(F)F)cc2-c2ccccc2Cl)CC1. The molecule has 222 valence electrons. The van der Waals surface area contributed by atoms with Crippen LogP contribution in [0.1, 0.15) is 25.3 Å². The number of carbonyl (C=O) groups is 2. The molecule has 2 amide bonds. The molecule has 2 saturated heterocycles. The minimum absolute atomic E-state index is 0.0106. The lowest BCUT2D eigenvalue weighted by Gasteiger charge is -2.35. The van der Waals surface area contributed by atoms with Crippen molar-refractivity contribution in [1.29, 1.82) is 0 Å². The van der Waals surface area contributed by atoms with E-state index < -0.39 is 82.3 Å². The number of alkyl halides is 5. The summed E-state index contributed by atoms with van der Waals surface area (Å²) >= 11 is 6.19. The summed E-state index contributed by atoms with van der Waals surface area (Å²) in [6, 6.07) is 7.34. The van der Waals surface area contributed by atoms with Gasteiger partial charge in [0.25, 0.3) is 5.91 Å². The van der Waals surface area contributed by atoms with Crippen molar-refractivity contribution in [3.63, 3.8) is 0 Å². The maximum Gasteiger partial charge on any atom is 0.416 e. The minimum atomic E-state index is -4.74. The number of benzene rings is 2. The highest BCUT2D eigenvalue weighted by Crippen LogP contribution is 2.40. The highest BCUT2D eigenvalue weighted by atomic mass is 35.5. The monoisotopic (exact) mass is 619 g/mol. The molecule has 0 saturated carbocycles. The smallest absolute Gasteiger partial charge is 0.347 e. The molecule has 2 heterocycles. The van der Waals surface area contributed by atoms with Gasteiger partial charge in [-0.05, 0) is 31.2 Å². The largest absolute Gasteiger partial charge is 0.416 e. The van der Waals surface area contributed by atoms with Crippen molar-refractivity contribution < 1.29 is 40.0 Å². The van der Waals surface area contributed by atoms with Gasteiger partial charge in [0, 0.05) is 54.2 Å². The van der Waals surface area contributed by atoms with Crippen molar-refractivity contribution in [3.05, 3.63) is 65.2 Å². The number of nitrogens with one attached hydrogen (secondary N) is 1. The predicted molar refractivity (Wildman–Crippen MR) is 142 cm³/mol. The van der Waals surface area contributed by atoms with E-state index in [0.717, 1.165) is 16.4 Å². The number of halogens is 6. The number of nitrogens with zero attached hydrogens (tertiary/aromatic N) is 2. The topological polar surface area (TPSA) is 86.8 Å². The molecule has 2 fully saturated rings. The summed E-state index contributed by atoms with van der Waals surface area (Å²) in [5.41, 5.74) is -3.65. The molecule has 2 aliphatic heterocycles. The van der Waals surface area contributed by atoms with Gasteiger partial charge in [-0.1, -0.05) is 35.9 Å². The van der Waals surface area contributed by atoms with Crippen LogP contribution in [0.4, 0.5) is 22.0 Å². The van der Waals surface area contributed by atoms with Crippen molar-refractivity contribution in [1.82, 2.24) is 14.5 Å². The molecule has 7 nitrogen and oxygen atoms in total. The van der Waals surface area contributed by atoms with E-state index in [1.807, 2.05) is 0 Å². The van der Waals surface area contributed by atoms with Crippen molar-refractivity contribution >= 4 is 33.4 Å². The Hall–Kier alpha value is -3.03. The van der Waals surface area contributed by atoms with Gasteiger partial charge in [-0.25, -0.2) is 17.2 Å². The summed E-state index contributed by atoms with van der Waals surface area (Å²) in [4.78, 5) is 25.5. The van der Waals surface area contributed by atoms with Gasteiger partial charge in [-0.2, -0.15) is 17.5 Å². The van der Waals surface area contributed by atoms with Crippen molar-refractivity contribution in [2.24, 2.45) is 0 Å². The number of hydrogen-bond acceptors (Lipinski definition) is 4. The first kappa shape index (κ1) is 30.9. The molecule has 1 atom stereocenters. The van der Waals surface area contributed by atoms with Crippen LogP contribution in [0.15, 0.2) is 59.5 Å². The Balaban J connectivity index is 1.48. The summed E-state index contributed by atoms with van der Waals surface area (Å²) in [5.74, 6) is -1.42. The molecule has 41 heavy (non-hydrogen) atoms. The highest BCUT2D eigenvalue weighted by molar-refractivity contribution is 7.89. The van der Waals surface area contributed by atoms with E-state index in [4.69, 9.17) is 11.6 Å². The predicted octanol–water partition coefficient (Wildman–Crippen LogP) is 4.76. The quantitative estimate of drug-likeness (QED) is 0.358. The van der Waals surface area contributed by atoms with Gasteiger partial charge < -0.3 is 10.2 Å². The second-order valence-corrected chi connectivity index (χ2v) is 12.3. The van der Waals surface area contributed by atoms with Crippen LogP contribution in [0.2, 0.25) is 5.02 Å². The lowest BCUT2D eigenvalue weighted by molar-refractivity contribution is -0.137. The number of sulfonamides is 1. The van der Waals surface area contributed by atoms with Crippen LogP contribution >= 0.6 is 11.6 Å². The van der Waals surface area contributed by atoms with E-state index in [-0.39, 0.29) is 29.2 Å². The minimum Gasteiger partial charge on any atom is -0.347 e. The van der Waals surface area contributed by atoms with Crippen LogP contribution in [-0.4, -0.2) is 73.5 Å². The zero-order valence-electron chi connectivity index (χ0n) is 21.8. The molecule has 14 heteroatoms. The van der Waals surface area contributed by atoms with Gasteiger partial charge >= 0.3 is 6.18 Å². The molecule has 1 N–H and O–H groups in total. The second-order valence-electron chi connectivity index (χ2n) is 10.0. The van der Waals surface area contributed by atoms with E-state index in [2.05, 4.69) is 5.32 Å². The van der Waals surface area contributed by atoms with E-state index in [0.29, 0.717) is 12.1 Å². The van der Waals surface area contributed by atoms with Crippen LogP contribution in [0, 0.1) is 0 Å². The van der Waals surface area contributed by atoms with Crippen LogP contribution < -0.4 is 5.32 Å². The standard InChI is InChI=1S/C27H27ClF5N3O4S/c1-17(6-9-24(37)35-15-19(29)16-35)34-25(38)26(30)10-12-36(13-11-26)41(39,40)23-8-7-18(27(31,32)33)14-21(23)20-4-2-3-5-22(20)28/h2-9,14,17,19H,10-13,15-16H2,1H3,(H,34,38)/b9-6+/t17-/m1/s1. The Labute approximate surface area is 239 Å². The molecule has 2 aromatic rings. The van der Waals surface area contributed by atoms with Gasteiger partial charge in [-0.3, -0.25) is 9.59 Å². The Bertz CT molecular complexity index is 1450. The number of piperidine rings is 1. The number of carbonyl (C=O) groups excluding carboxylic acids is 2. The first-order valence-electron chi connectivity index (χ1n) is 12.7. The zero-order valence-corrected chi connectivity index (χ0v) is 23.4. The third-order valence-electron chi connectivity index (χ3n) is 7.05. The van der Waals surface area contributed by atoms with Crippen LogP contribution in [0.5, 0.6) is 0 Å². The first-order valence-corrected chi connectivity index (χ1v) is 14.5. The molecule has 4 rings (SSSR count). The Morgan fingerprint density at radius 1 is 1.10 bits per heavy atom. The van der Waals surface area contributed by atoms with Crippen LogP contribution in [-0.2, 0) is 25.8 Å². The number of amides is 2. The summed E-state index contributed by atoms with van der Waals surface area (Å²) in [6.07, 6.45) is -4.29. The molecule has 2 aromatic carbocycles. The summed E-state index contributed by atoms with van der Waals surface area (Å²) in [6.45, 7) is 0.681.